The minimum absolute atomic E-state index is 0.0602. The number of aromatic nitrogens is 4. The van der Waals surface area contributed by atoms with Gasteiger partial charge in [0.25, 0.3) is 0 Å². The smallest absolute Gasteiger partial charge is 0.411 e. The number of aldehydes is 1. The summed E-state index contributed by atoms with van der Waals surface area (Å²) in [5.74, 6) is 7.73. The number of carbonyl (C=O) groups excluding carboxylic acids is 3. The number of piperazine rings is 1. The molecule has 2 amide bonds. The third-order valence-electron chi connectivity index (χ3n) is 10.9. The van der Waals surface area contributed by atoms with Gasteiger partial charge in [0, 0.05) is 51.8 Å². The van der Waals surface area contributed by atoms with Crippen LogP contribution in [0, 0.1) is 17.7 Å². The molecule has 3 atom stereocenters. The van der Waals surface area contributed by atoms with Crippen molar-refractivity contribution < 1.29 is 23.5 Å². The Labute approximate surface area is 330 Å². The molecule has 0 bridgehead atoms. The Morgan fingerprint density at radius 1 is 1.00 bits per heavy atom. The van der Waals surface area contributed by atoms with Crippen molar-refractivity contribution in [1.82, 2.24) is 34.7 Å². The number of hydrogen-bond acceptors (Lipinski definition) is 10. The van der Waals surface area contributed by atoms with Crippen molar-refractivity contribution in [1.29, 1.82) is 0 Å². The molecule has 3 aliphatic heterocycles. The van der Waals surface area contributed by atoms with Crippen LogP contribution < -0.4 is 15.1 Å². The van der Waals surface area contributed by atoms with E-state index < -0.39 is 18.2 Å². The molecule has 292 valence electrons. The van der Waals surface area contributed by atoms with Gasteiger partial charge in [-0.3, -0.25) is 14.6 Å². The number of halogens is 1. The number of imidazole rings is 1. The first kappa shape index (κ1) is 37.6. The number of pyridine rings is 1. The second-order valence-corrected chi connectivity index (χ2v) is 14.5. The van der Waals surface area contributed by atoms with Gasteiger partial charge in [-0.05, 0) is 78.9 Å². The highest BCUT2D eigenvalue weighted by molar-refractivity contribution is 5.86. The monoisotopic (exact) mass is 769 g/mol. The molecular weight excluding hydrogens is 726 g/mol. The molecule has 14 heteroatoms. The van der Waals surface area contributed by atoms with Crippen molar-refractivity contribution in [2.75, 3.05) is 62.7 Å². The number of cyclic esters (lactones) is 1. The number of hydrogen-bond donors (Lipinski definition) is 1. The van der Waals surface area contributed by atoms with Gasteiger partial charge in [-0.15, -0.1) is 5.10 Å². The number of likely N-dealkylation sites (N-methyl/N-ethyl adjacent to an activating group) is 1. The molecule has 8 rings (SSSR count). The average Bonchev–Trinajstić information content (AvgIpc) is 4.00. The number of nitrogens with one attached hydrogen (secondary N) is 1. The van der Waals surface area contributed by atoms with Crippen LogP contribution in [-0.4, -0.2) is 107 Å². The second kappa shape index (κ2) is 16.8. The predicted octanol–water partition coefficient (Wildman–Crippen LogP) is 5.03. The number of ether oxygens (including phenoxy) is 1. The Morgan fingerprint density at radius 3 is 2.65 bits per heavy atom. The van der Waals surface area contributed by atoms with Gasteiger partial charge in [0.1, 0.15) is 41.6 Å². The predicted molar refractivity (Wildman–Crippen MR) is 213 cm³/mol. The van der Waals surface area contributed by atoms with Gasteiger partial charge in [0.15, 0.2) is 5.65 Å². The maximum atomic E-state index is 14.1. The van der Waals surface area contributed by atoms with Crippen molar-refractivity contribution in [3.8, 4) is 23.2 Å². The minimum Gasteiger partial charge on any atom is -0.439 e. The van der Waals surface area contributed by atoms with Crippen LogP contribution in [0.2, 0.25) is 0 Å². The Bertz CT molecular complexity index is 2330. The number of rotatable bonds is 11. The van der Waals surface area contributed by atoms with Gasteiger partial charge < -0.3 is 24.6 Å². The van der Waals surface area contributed by atoms with Gasteiger partial charge in [0.2, 0.25) is 5.91 Å². The molecule has 3 aromatic heterocycles. The summed E-state index contributed by atoms with van der Waals surface area (Å²) in [4.78, 5) is 54.1. The van der Waals surface area contributed by atoms with E-state index in [2.05, 4.69) is 36.8 Å². The van der Waals surface area contributed by atoms with Crippen LogP contribution in [0.1, 0.15) is 54.5 Å². The van der Waals surface area contributed by atoms with Crippen molar-refractivity contribution in [3.63, 3.8) is 0 Å². The Kier molecular flexibility index (Phi) is 11.1. The molecule has 3 saturated heterocycles. The lowest BCUT2D eigenvalue weighted by atomic mass is 10.0. The quantitative estimate of drug-likeness (QED) is 0.144. The molecule has 3 aliphatic rings. The highest BCUT2D eigenvalue weighted by Crippen LogP contribution is 2.36. The van der Waals surface area contributed by atoms with Crippen LogP contribution in [-0.2, 0) is 14.3 Å². The molecule has 3 fully saturated rings. The van der Waals surface area contributed by atoms with E-state index in [9.17, 15) is 18.8 Å². The van der Waals surface area contributed by atoms with E-state index in [1.165, 1.54) is 18.0 Å². The van der Waals surface area contributed by atoms with Crippen LogP contribution in [0.5, 0.6) is 0 Å². The highest BCUT2D eigenvalue weighted by Gasteiger charge is 2.39. The molecule has 6 heterocycles. The van der Waals surface area contributed by atoms with Gasteiger partial charge >= 0.3 is 6.09 Å². The molecule has 13 nitrogen and oxygen atoms in total. The zero-order valence-electron chi connectivity index (χ0n) is 31.8. The van der Waals surface area contributed by atoms with Crippen molar-refractivity contribution in [2.24, 2.45) is 0 Å². The van der Waals surface area contributed by atoms with E-state index >= 15 is 0 Å². The molecular formula is C43H44FN9O4. The van der Waals surface area contributed by atoms with E-state index in [4.69, 9.17) is 14.8 Å². The van der Waals surface area contributed by atoms with E-state index in [-0.39, 0.29) is 37.2 Å². The number of benzene rings is 2. The Balaban J connectivity index is 0.886. The van der Waals surface area contributed by atoms with Crippen molar-refractivity contribution in [3.05, 3.63) is 108 Å². The van der Waals surface area contributed by atoms with Gasteiger partial charge in [-0.2, -0.15) is 0 Å². The summed E-state index contributed by atoms with van der Waals surface area (Å²) in [6, 6.07) is 23.8. The standard InChI is InChI=1S/C43H44FN9O4/c1-45-42(55)36(15-7-25-54)52-29-38(57-43(52)56)32-11-2-8-30(26-32)9-5-19-49-21-23-50(24-22-49)40-16-4-13-34(47-40)37-28-46-39-17-18-41(48-53(37)39)51-20-6-14-35(51)31-10-3-12-33(44)27-31/h2-4,8,10-13,16-18,25-28,35-36,38H,6-7,14-15,19-24,29H2,1H3,(H,45,55). The van der Waals surface area contributed by atoms with Crippen molar-refractivity contribution >= 4 is 35.6 Å². The van der Waals surface area contributed by atoms with Crippen LogP contribution in [0.4, 0.5) is 20.8 Å². The third-order valence-corrected chi connectivity index (χ3v) is 10.9. The van der Waals surface area contributed by atoms with E-state index in [1.807, 2.05) is 71.4 Å². The third kappa shape index (κ3) is 8.15. The molecule has 2 aromatic carbocycles. The number of fused-ring (bicyclic) bond motifs is 1. The lowest BCUT2D eigenvalue weighted by Gasteiger charge is -2.34. The largest absolute Gasteiger partial charge is 0.439 e. The lowest BCUT2D eigenvalue weighted by Crippen LogP contribution is -2.46. The maximum absolute atomic E-state index is 14.1. The fraction of sp³-hybridized carbons (Fsp3) is 0.349. The summed E-state index contributed by atoms with van der Waals surface area (Å²) in [5.41, 5.74) is 4.89. The SMILES string of the molecule is CNC(=O)C(CCC=O)N1CC(c2cccc(C#CCN3CCN(c4cccc(-c5cnc6ccc(N7CCCC7c7cccc(F)c7)nn56)n4)CC3)c2)OC1=O. The zero-order chi connectivity index (χ0) is 39.3. The van der Waals surface area contributed by atoms with E-state index in [0.29, 0.717) is 6.54 Å². The number of anilines is 2. The fourth-order valence-electron chi connectivity index (χ4n) is 7.97. The summed E-state index contributed by atoms with van der Waals surface area (Å²) in [6.45, 7) is 4.91. The maximum Gasteiger partial charge on any atom is 0.411 e. The molecule has 5 aromatic rings. The fourth-order valence-corrected chi connectivity index (χ4v) is 7.97. The number of carbonyl (C=O) groups is 3. The van der Waals surface area contributed by atoms with Gasteiger partial charge in [-0.25, -0.2) is 23.7 Å². The summed E-state index contributed by atoms with van der Waals surface area (Å²) in [6.07, 6.45) is 3.78. The molecule has 0 radical (unpaired) electrons. The van der Waals surface area contributed by atoms with Crippen LogP contribution in [0.15, 0.2) is 85.1 Å². The topological polar surface area (TPSA) is 129 Å². The highest BCUT2D eigenvalue weighted by atomic mass is 19.1. The van der Waals surface area contributed by atoms with Crippen LogP contribution in [0.25, 0.3) is 17.0 Å². The summed E-state index contributed by atoms with van der Waals surface area (Å²) in [7, 11) is 1.51. The normalized spacial score (nSPS) is 19.0. The van der Waals surface area contributed by atoms with Gasteiger partial charge in [0.05, 0.1) is 31.0 Å². The summed E-state index contributed by atoms with van der Waals surface area (Å²) < 4.78 is 21.6. The van der Waals surface area contributed by atoms with Gasteiger partial charge in [-0.1, -0.05) is 42.2 Å². The summed E-state index contributed by atoms with van der Waals surface area (Å²) in [5, 5.41) is 7.60. The van der Waals surface area contributed by atoms with Crippen LogP contribution >= 0.6 is 0 Å². The molecule has 1 N–H and O–H groups in total. The number of amides is 2. The van der Waals surface area contributed by atoms with E-state index in [0.717, 1.165) is 97.2 Å². The Hall–Kier alpha value is -6.33. The molecule has 3 unspecified atom stereocenters. The second-order valence-electron chi connectivity index (χ2n) is 14.5. The molecule has 0 aliphatic carbocycles. The van der Waals surface area contributed by atoms with Crippen molar-refractivity contribution in [2.45, 2.75) is 43.9 Å². The summed E-state index contributed by atoms with van der Waals surface area (Å²) >= 11 is 0. The first-order chi connectivity index (χ1) is 27.9. The molecule has 57 heavy (non-hydrogen) atoms. The Morgan fingerprint density at radius 2 is 1.82 bits per heavy atom. The number of nitrogens with zero attached hydrogens (tertiary/aromatic N) is 8. The van der Waals surface area contributed by atoms with E-state index in [1.54, 1.807) is 12.1 Å². The minimum atomic E-state index is -0.770. The average molecular weight is 770 g/mol. The lowest BCUT2D eigenvalue weighted by molar-refractivity contribution is -0.125. The first-order valence-corrected chi connectivity index (χ1v) is 19.4. The first-order valence-electron chi connectivity index (χ1n) is 19.4. The molecule has 0 spiro atoms. The molecule has 0 saturated carbocycles. The zero-order valence-corrected chi connectivity index (χ0v) is 31.8. The van der Waals surface area contributed by atoms with Crippen LogP contribution in [0.3, 0.4) is 0 Å².